The second-order valence-corrected chi connectivity index (χ2v) is 8.15. The van der Waals surface area contributed by atoms with Gasteiger partial charge in [0.25, 0.3) is 11.8 Å². The van der Waals surface area contributed by atoms with Crippen LogP contribution >= 0.6 is 0 Å². The van der Waals surface area contributed by atoms with Crippen LogP contribution in [0.15, 0.2) is 24.3 Å². The zero-order chi connectivity index (χ0) is 19.3. The summed E-state index contributed by atoms with van der Waals surface area (Å²) in [4.78, 5) is 37.3. The Bertz CT molecular complexity index is 653. The van der Waals surface area contributed by atoms with Gasteiger partial charge in [0, 0.05) is 37.2 Å². The number of hydrogen-bond donors (Lipinski definition) is 2. The van der Waals surface area contributed by atoms with Crippen molar-refractivity contribution < 1.29 is 19.5 Å². The van der Waals surface area contributed by atoms with E-state index in [1.807, 2.05) is 0 Å². The SMILES string of the molecule is CC(C)(C)CNC(=O)c1ccc(C(=O)N2CCC(CC(=O)O)CC2)cc1. The highest BCUT2D eigenvalue weighted by Crippen LogP contribution is 2.22. The number of aliphatic carboxylic acids is 1. The minimum Gasteiger partial charge on any atom is -0.481 e. The first-order valence-electron chi connectivity index (χ1n) is 9.05. The van der Waals surface area contributed by atoms with Crippen molar-refractivity contribution in [3.05, 3.63) is 35.4 Å². The molecule has 1 aliphatic rings. The van der Waals surface area contributed by atoms with Crippen LogP contribution in [-0.4, -0.2) is 47.4 Å². The smallest absolute Gasteiger partial charge is 0.303 e. The summed E-state index contributed by atoms with van der Waals surface area (Å²) in [6.07, 6.45) is 1.59. The number of nitrogens with one attached hydrogen (secondary N) is 1. The molecule has 0 aliphatic carbocycles. The van der Waals surface area contributed by atoms with E-state index in [-0.39, 0.29) is 29.6 Å². The maximum Gasteiger partial charge on any atom is 0.303 e. The lowest BCUT2D eigenvalue weighted by Gasteiger charge is -2.31. The molecule has 0 saturated carbocycles. The zero-order valence-electron chi connectivity index (χ0n) is 15.7. The molecule has 2 rings (SSSR count). The predicted molar refractivity (Wildman–Crippen MR) is 99.1 cm³/mol. The van der Waals surface area contributed by atoms with Gasteiger partial charge in [-0.15, -0.1) is 0 Å². The Balaban J connectivity index is 1.91. The monoisotopic (exact) mass is 360 g/mol. The molecule has 26 heavy (non-hydrogen) atoms. The molecule has 1 aliphatic heterocycles. The first-order valence-corrected chi connectivity index (χ1v) is 9.05. The number of rotatable bonds is 5. The molecule has 0 bridgehead atoms. The molecule has 1 aromatic carbocycles. The van der Waals surface area contributed by atoms with E-state index in [0.29, 0.717) is 43.6 Å². The number of nitrogens with zero attached hydrogens (tertiary/aromatic N) is 1. The Hall–Kier alpha value is -2.37. The van der Waals surface area contributed by atoms with Crippen molar-refractivity contribution in [1.82, 2.24) is 10.2 Å². The van der Waals surface area contributed by atoms with Crippen LogP contribution in [0.4, 0.5) is 0 Å². The second kappa shape index (κ2) is 8.34. The molecule has 0 aromatic heterocycles. The molecule has 1 fully saturated rings. The Morgan fingerprint density at radius 3 is 2.12 bits per heavy atom. The third-order valence-electron chi connectivity index (χ3n) is 4.54. The van der Waals surface area contributed by atoms with Crippen LogP contribution in [0.1, 0.15) is 60.7 Å². The molecule has 1 aromatic rings. The highest BCUT2D eigenvalue weighted by molar-refractivity contribution is 5.97. The fourth-order valence-electron chi connectivity index (χ4n) is 2.98. The van der Waals surface area contributed by atoms with Crippen molar-refractivity contribution in [3.63, 3.8) is 0 Å². The van der Waals surface area contributed by atoms with E-state index in [2.05, 4.69) is 26.1 Å². The minimum absolute atomic E-state index is 0.0122. The quantitative estimate of drug-likeness (QED) is 0.845. The number of carbonyl (C=O) groups is 3. The lowest BCUT2D eigenvalue weighted by molar-refractivity contribution is -0.138. The van der Waals surface area contributed by atoms with Crippen LogP contribution in [-0.2, 0) is 4.79 Å². The van der Waals surface area contributed by atoms with Crippen molar-refractivity contribution in [3.8, 4) is 0 Å². The predicted octanol–water partition coefficient (Wildman–Crippen LogP) is 2.79. The number of amides is 2. The largest absolute Gasteiger partial charge is 0.481 e. The molecule has 6 heteroatoms. The van der Waals surface area contributed by atoms with Crippen LogP contribution < -0.4 is 5.32 Å². The van der Waals surface area contributed by atoms with Gasteiger partial charge >= 0.3 is 5.97 Å². The van der Waals surface area contributed by atoms with Gasteiger partial charge in [0.05, 0.1) is 0 Å². The summed E-state index contributed by atoms with van der Waals surface area (Å²) < 4.78 is 0. The molecule has 0 spiro atoms. The number of hydrogen-bond acceptors (Lipinski definition) is 3. The van der Waals surface area contributed by atoms with Crippen LogP contribution in [0.2, 0.25) is 0 Å². The minimum atomic E-state index is -0.782. The molecular weight excluding hydrogens is 332 g/mol. The summed E-state index contributed by atoms with van der Waals surface area (Å²) >= 11 is 0. The lowest BCUT2D eigenvalue weighted by Crippen LogP contribution is -2.39. The molecular formula is C20H28N2O4. The average Bonchev–Trinajstić information content (AvgIpc) is 2.59. The van der Waals surface area contributed by atoms with Gasteiger partial charge in [-0.1, -0.05) is 20.8 Å². The van der Waals surface area contributed by atoms with Crippen LogP contribution in [0.3, 0.4) is 0 Å². The first-order chi connectivity index (χ1) is 12.2. The number of carbonyl (C=O) groups excluding carboxylic acids is 2. The van der Waals surface area contributed by atoms with Crippen LogP contribution in [0, 0.1) is 11.3 Å². The van der Waals surface area contributed by atoms with Crippen molar-refractivity contribution in [2.75, 3.05) is 19.6 Å². The maximum absolute atomic E-state index is 12.6. The van der Waals surface area contributed by atoms with Gasteiger partial charge in [-0.25, -0.2) is 0 Å². The number of carboxylic acids is 1. The third-order valence-corrected chi connectivity index (χ3v) is 4.54. The van der Waals surface area contributed by atoms with Gasteiger partial charge in [0.1, 0.15) is 0 Å². The Kier molecular flexibility index (Phi) is 6.40. The summed E-state index contributed by atoms with van der Waals surface area (Å²) in [7, 11) is 0. The Morgan fingerprint density at radius 2 is 1.62 bits per heavy atom. The average molecular weight is 360 g/mol. The molecule has 6 nitrogen and oxygen atoms in total. The highest BCUT2D eigenvalue weighted by Gasteiger charge is 2.25. The number of piperidine rings is 1. The third kappa shape index (κ3) is 5.86. The van der Waals surface area contributed by atoms with E-state index in [0.717, 1.165) is 0 Å². The van der Waals surface area contributed by atoms with Crippen molar-refractivity contribution in [2.24, 2.45) is 11.3 Å². The Labute approximate surface area is 154 Å². The van der Waals surface area contributed by atoms with Crippen LogP contribution in [0.25, 0.3) is 0 Å². The van der Waals surface area contributed by atoms with E-state index in [4.69, 9.17) is 5.11 Å². The second-order valence-electron chi connectivity index (χ2n) is 8.15. The van der Waals surface area contributed by atoms with Crippen molar-refractivity contribution in [1.29, 1.82) is 0 Å². The number of likely N-dealkylation sites (tertiary alicyclic amines) is 1. The fraction of sp³-hybridized carbons (Fsp3) is 0.550. The van der Waals surface area contributed by atoms with E-state index < -0.39 is 5.97 Å². The summed E-state index contributed by atoms with van der Waals surface area (Å²) in [5.41, 5.74) is 1.10. The maximum atomic E-state index is 12.6. The molecule has 1 heterocycles. The molecule has 2 N–H and O–H groups in total. The van der Waals surface area contributed by atoms with Crippen LogP contribution in [0.5, 0.6) is 0 Å². The molecule has 1 saturated heterocycles. The van der Waals surface area contributed by atoms with E-state index >= 15 is 0 Å². The van der Waals surface area contributed by atoms with E-state index in [1.54, 1.807) is 29.2 Å². The fourth-order valence-corrected chi connectivity index (χ4v) is 2.98. The first kappa shape index (κ1) is 19.9. The van der Waals surface area contributed by atoms with E-state index in [9.17, 15) is 14.4 Å². The van der Waals surface area contributed by atoms with E-state index in [1.165, 1.54) is 0 Å². The molecule has 2 amide bonds. The standard InChI is InChI=1S/C20H28N2O4/c1-20(2,3)13-21-18(25)15-4-6-16(7-5-15)19(26)22-10-8-14(9-11-22)12-17(23)24/h4-7,14H,8-13H2,1-3H3,(H,21,25)(H,23,24). The van der Waals surface area contributed by atoms with Gasteiger partial charge in [-0.2, -0.15) is 0 Å². The summed E-state index contributed by atoms with van der Waals surface area (Å²) in [5.74, 6) is -0.852. The normalized spacial score (nSPS) is 15.6. The van der Waals surface area contributed by atoms with Crippen molar-refractivity contribution in [2.45, 2.75) is 40.0 Å². The lowest BCUT2D eigenvalue weighted by atomic mass is 9.93. The van der Waals surface area contributed by atoms with Gasteiger partial charge < -0.3 is 15.3 Å². The molecule has 0 atom stereocenters. The Morgan fingerprint density at radius 1 is 1.08 bits per heavy atom. The number of carboxylic acid groups (broad SMARTS) is 1. The van der Waals surface area contributed by atoms with Gasteiger partial charge in [0.15, 0.2) is 0 Å². The topological polar surface area (TPSA) is 86.7 Å². The van der Waals surface area contributed by atoms with Gasteiger partial charge in [-0.3, -0.25) is 14.4 Å². The molecule has 0 radical (unpaired) electrons. The highest BCUT2D eigenvalue weighted by atomic mass is 16.4. The van der Waals surface area contributed by atoms with Crippen molar-refractivity contribution >= 4 is 17.8 Å². The summed E-state index contributed by atoms with van der Waals surface area (Å²) in [5, 5.41) is 11.7. The summed E-state index contributed by atoms with van der Waals surface area (Å²) in [6.45, 7) is 7.88. The van der Waals surface area contributed by atoms with Gasteiger partial charge in [0.2, 0.25) is 0 Å². The molecule has 142 valence electrons. The molecule has 0 unspecified atom stereocenters. The summed E-state index contributed by atoms with van der Waals surface area (Å²) in [6, 6.07) is 6.69. The zero-order valence-corrected chi connectivity index (χ0v) is 15.7. The number of benzene rings is 1. The van der Waals surface area contributed by atoms with Gasteiger partial charge in [-0.05, 0) is 48.4 Å².